The van der Waals surface area contributed by atoms with Gasteiger partial charge in [0.25, 0.3) is 0 Å². The molecule has 1 radical (unpaired) electrons. The van der Waals surface area contributed by atoms with Crippen LogP contribution in [-0.4, -0.2) is 0 Å². The van der Waals surface area contributed by atoms with E-state index in [0.29, 0.717) is 5.41 Å². The van der Waals surface area contributed by atoms with Gasteiger partial charge in [-0.1, -0.05) is 18.2 Å². The van der Waals surface area contributed by atoms with Crippen molar-refractivity contribution in [2.75, 3.05) is 0 Å². The molecule has 0 amide bonds. The standard InChI is InChI=1S/C17H21/c1-12-4-2-3-5-16(12)17-9-13-6-14(10-17)8-15(7-13)11-17/h2-3,5,13-15H,6-11H2,1H3. The van der Waals surface area contributed by atoms with Crippen molar-refractivity contribution in [3.05, 3.63) is 35.4 Å². The minimum absolute atomic E-state index is 0.552. The number of hydrogen-bond acceptors (Lipinski definition) is 0. The molecule has 1 aromatic carbocycles. The highest BCUT2D eigenvalue weighted by atomic mass is 14.6. The van der Waals surface area contributed by atoms with E-state index in [1.165, 1.54) is 44.1 Å². The van der Waals surface area contributed by atoms with Crippen molar-refractivity contribution in [2.45, 2.75) is 50.9 Å². The Bertz CT molecular complexity index is 408. The van der Waals surface area contributed by atoms with E-state index in [1.807, 2.05) is 0 Å². The number of aryl methyl sites for hydroxylation is 1. The van der Waals surface area contributed by atoms with Gasteiger partial charge in [0.1, 0.15) is 0 Å². The minimum atomic E-state index is 0.552. The third kappa shape index (κ3) is 1.42. The second-order valence-electron chi connectivity index (χ2n) is 6.91. The van der Waals surface area contributed by atoms with Crippen LogP contribution in [0.5, 0.6) is 0 Å². The highest BCUT2D eigenvalue weighted by Crippen LogP contribution is 2.60. The Morgan fingerprint density at radius 1 is 1.06 bits per heavy atom. The maximum absolute atomic E-state index is 3.42. The molecule has 0 unspecified atom stereocenters. The number of benzene rings is 1. The molecule has 4 saturated carbocycles. The Labute approximate surface area is 104 Å². The van der Waals surface area contributed by atoms with E-state index in [4.69, 9.17) is 0 Å². The second kappa shape index (κ2) is 3.37. The van der Waals surface area contributed by atoms with Gasteiger partial charge in [0.05, 0.1) is 0 Å². The van der Waals surface area contributed by atoms with E-state index in [1.54, 1.807) is 5.56 Å². The van der Waals surface area contributed by atoms with Gasteiger partial charge in [-0.25, -0.2) is 0 Å². The van der Waals surface area contributed by atoms with Crippen LogP contribution in [0.25, 0.3) is 0 Å². The van der Waals surface area contributed by atoms with Crippen molar-refractivity contribution < 1.29 is 0 Å². The van der Waals surface area contributed by atoms with Crippen molar-refractivity contribution in [3.63, 3.8) is 0 Å². The van der Waals surface area contributed by atoms with Gasteiger partial charge >= 0.3 is 0 Å². The van der Waals surface area contributed by atoms with Crippen LogP contribution >= 0.6 is 0 Å². The topological polar surface area (TPSA) is 0 Å². The molecular formula is C17H21. The summed E-state index contributed by atoms with van der Waals surface area (Å²) in [6.07, 6.45) is 9.02. The summed E-state index contributed by atoms with van der Waals surface area (Å²) in [7, 11) is 0. The molecule has 4 fully saturated rings. The lowest BCUT2D eigenvalue weighted by atomic mass is 9.47. The normalized spacial score (nSPS) is 43.0. The van der Waals surface area contributed by atoms with Crippen molar-refractivity contribution >= 4 is 0 Å². The van der Waals surface area contributed by atoms with E-state index in [2.05, 4.69) is 31.2 Å². The Morgan fingerprint density at radius 2 is 1.65 bits per heavy atom. The monoisotopic (exact) mass is 225 g/mol. The van der Waals surface area contributed by atoms with Crippen LogP contribution in [0.2, 0.25) is 0 Å². The molecular weight excluding hydrogens is 204 g/mol. The van der Waals surface area contributed by atoms with Gasteiger partial charge < -0.3 is 0 Å². The Balaban J connectivity index is 1.80. The maximum atomic E-state index is 3.42. The largest absolute Gasteiger partial charge is 0.0613 e. The van der Waals surface area contributed by atoms with Crippen LogP contribution in [-0.2, 0) is 5.41 Å². The van der Waals surface area contributed by atoms with Crippen LogP contribution in [0, 0.1) is 30.7 Å². The summed E-state index contributed by atoms with van der Waals surface area (Å²) in [5.74, 6) is 3.13. The molecule has 5 rings (SSSR count). The highest BCUT2D eigenvalue weighted by molar-refractivity contribution is 5.35. The van der Waals surface area contributed by atoms with Gasteiger partial charge in [0, 0.05) is 0 Å². The van der Waals surface area contributed by atoms with E-state index < -0.39 is 0 Å². The molecule has 4 bridgehead atoms. The molecule has 0 nitrogen and oxygen atoms in total. The molecule has 1 aromatic rings. The average Bonchev–Trinajstić information content (AvgIpc) is 2.27. The molecule has 0 aliphatic heterocycles. The summed E-state index contributed by atoms with van der Waals surface area (Å²) in [6.45, 7) is 2.26. The second-order valence-corrected chi connectivity index (χ2v) is 6.91. The molecule has 0 aromatic heterocycles. The smallest absolute Gasteiger partial charge is 0.00362 e. The summed E-state index contributed by atoms with van der Waals surface area (Å²) in [6, 6.07) is 10.1. The van der Waals surface area contributed by atoms with E-state index in [0.717, 1.165) is 17.8 Å². The summed E-state index contributed by atoms with van der Waals surface area (Å²) >= 11 is 0. The third-order valence-electron chi connectivity index (χ3n) is 5.67. The molecule has 0 heteroatoms. The molecule has 89 valence electrons. The van der Waals surface area contributed by atoms with Crippen LogP contribution in [0.4, 0.5) is 0 Å². The minimum Gasteiger partial charge on any atom is -0.0613 e. The molecule has 0 heterocycles. The van der Waals surface area contributed by atoms with Gasteiger partial charge in [0.2, 0.25) is 0 Å². The molecule has 4 aliphatic rings. The lowest BCUT2D eigenvalue weighted by molar-refractivity contribution is -0.00547. The van der Waals surface area contributed by atoms with Gasteiger partial charge in [-0.2, -0.15) is 0 Å². The van der Waals surface area contributed by atoms with Gasteiger partial charge in [-0.15, -0.1) is 0 Å². The predicted octanol–water partition coefficient (Wildman–Crippen LogP) is 4.26. The van der Waals surface area contributed by atoms with Crippen LogP contribution in [0.3, 0.4) is 0 Å². The van der Waals surface area contributed by atoms with Crippen molar-refractivity contribution in [1.82, 2.24) is 0 Å². The molecule has 0 atom stereocenters. The molecule has 0 saturated heterocycles. The van der Waals surface area contributed by atoms with Gasteiger partial charge in [0.15, 0.2) is 0 Å². The summed E-state index contributed by atoms with van der Waals surface area (Å²) in [5.41, 5.74) is 3.60. The van der Waals surface area contributed by atoms with Crippen LogP contribution in [0.15, 0.2) is 18.2 Å². The lowest BCUT2D eigenvalue weighted by Gasteiger charge is -2.57. The average molecular weight is 225 g/mol. The Morgan fingerprint density at radius 3 is 2.18 bits per heavy atom. The van der Waals surface area contributed by atoms with Crippen LogP contribution in [0.1, 0.15) is 49.7 Å². The predicted molar refractivity (Wildman–Crippen MR) is 69.9 cm³/mol. The van der Waals surface area contributed by atoms with Gasteiger partial charge in [-0.3, -0.25) is 0 Å². The van der Waals surface area contributed by atoms with E-state index in [-0.39, 0.29) is 0 Å². The summed E-state index contributed by atoms with van der Waals surface area (Å²) < 4.78 is 0. The number of hydrogen-bond donors (Lipinski definition) is 0. The maximum Gasteiger partial charge on any atom is -0.00362 e. The summed E-state index contributed by atoms with van der Waals surface area (Å²) in [4.78, 5) is 0. The lowest BCUT2D eigenvalue weighted by Crippen LogP contribution is -2.48. The fraction of sp³-hybridized carbons (Fsp3) is 0.647. The zero-order valence-corrected chi connectivity index (χ0v) is 10.7. The molecule has 0 spiro atoms. The SMILES string of the molecule is Cc1[c]cccc1C12CC3CC(CC(C3)C1)C2. The first-order chi connectivity index (χ1) is 8.25. The first-order valence-electron chi connectivity index (χ1n) is 7.23. The fourth-order valence-electron chi connectivity index (χ4n) is 5.54. The number of rotatable bonds is 1. The van der Waals surface area contributed by atoms with Crippen molar-refractivity contribution in [2.24, 2.45) is 17.8 Å². The van der Waals surface area contributed by atoms with Crippen LogP contribution < -0.4 is 0 Å². The highest BCUT2D eigenvalue weighted by Gasteiger charge is 2.51. The quantitative estimate of drug-likeness (QED) is 0.670. The van der Waals surface area contributed by atoms with Gasteiger partial charge in [-0.05, 0) is 85.8 Å². The van der Waals surface area contributed by atoms with E-state index in [9.17, 15) is 0 Å². The zero-order valence-electron chi connectivity index (χ0n) is 10.7. The first kappa shape index (κ1) is 10.2. The molecule has 0 N–H and O–H groups in total. The van der Waals surface area contributed by atoms with Crippen molar-refractivity contribution in [1.29, 1.82) is 0 Å². The fourth-order valence-corrected chi connectivity index (χ4v) is 5.54. The third-order valence-corrected chi connectivity index (χ3v) is 5.67. The van der Waals surface area contributed by atoms with Crippen molar-refractivity contribution in [3.8, 4) is 0 Å². The first-order valence-corrected chi connectivity index (χ1v) is 7.23. The Hall–Kier alpha value is -0.780. The molecule has 4 aliphatic carbocycles. The zero-order chi connectivity index (χ0) is 11.5. The summed E-state index contributed by atoms with van der Waals surface area (Å²) in [5, 5.41) is 0. The molecule has 17 heavy (non-hydrogen) atoms. The van der Waals surface area contributed by atoms with E-state index >= 15 is 0 Å². The Kier molecular flexibility index (Phi) is 2.02.